The van der Waals surface area contributed by atoms with Gasteiger partial charge in [0.05, 0.1) is 6.04 Å². The molecule has 6 heteroatoms. The molecule has 1 aromatic carbocycles. The first-order chi connectivity index (χ1) is 12.0. The molecule has 0 unspecified atom stereocenters. The number of benzene rings is 1. The van der Waals surface area contributed by atoms with Gasteiger partial charge in [-0.2, -0.15) is 0 Å². The van der Waals surface area contributed by atoms with E-state index < -0.39 is 5.91 Å². The summed E-state index contributed by atoms with van der Waals surface area (Å²) < 4.78 is 5.77. The lowest BCUT2D eigenvalue weighted by Crippen LogP contribution is -2.32. The van der Waals surface area contributed by atoms with E-state index in [4.69, 9.17) is 16.0 Å². The number of furan rings is 1. The molecule has 0 radical (unpaired) electrons. The molecule has 0 fully saturated rings. The van der Waals surface area contributed by atoms with Crippen LogP contribution in [-0.4, -0.2) is 10.9 Å². The van der Waals surface area contributed by atoms with Gasteiger partial charge in [0.1, 0.15) is 16.9 Å². The van der Waals surface area contributed by atoms with Gasteiger partial charge < -0.3 is 14.7 Å². The summed E-state index contributed by atoms with van der Waals surface area (Å²) in [7, 11) is 0. The highest BCUT2D eigenvalue weighted by molar-refractivity contribution is 6.31. The van der Waals surface area contributed by atoms with Crippen molar-refractivity contribution in [2.75, 3.05) is 0 Å². The summed E-state index contributed by atoms with van der Waals surface area (Å²) in [5.74, 6) is 0.213. The van der Waals surface area contributed by atoms with Gasteiger partial charge in [-0.25, -0.2) is 0 Å². The van der Waals surface area contributed by atoms with Crippen LogP contribution in [-0.2, 0) is 12.8 Å². The first-order valence-electron chi connectivity index (χ1n) is 8.26. The first kappa shape index (κ1) is 16.0. The largest absolute Gasteiger partial charge is 0.459 e. The molecule has 25 heavy (non-hydrogen) atoms. The fraction of sp³-hybridized carbons (Fsp3) is 0.263. The van der Waals surface area contributed by atoms with Crippen molar-refractivity contribution in [2.24, 2.45) is 0 Å². The highest BCUT2D eigenvalue weighted by Gasteiger charge is 2.21. The minimum absolute atomic E-state index is 0.145. The Kier molecular flexibility index (Phi) is 3.88. The molecule has 0 aliphatic heterocycles. The fourth-order valence-electron chi connectivity index (χ4n) is 3.28. The van der Waals surface area contributed by atoms with Crippen LogP contribution in [0.15, 0.2) is 39.5 Å². The first-order valence-corrected chi connectivity index (χ1v) is 8.64. The van der Waals surface area contributed by atoms with Gasteiger partial charge in [0.25, 0.3) is 11.5 Å². The number of nitrogens with one attached hydrogen (secondary N) is 2. The molecule has 1 aliphatic carbocycles. The van der Waals surface area contributed by atoms with Crippen molar-refractivity contribution in [1.29, 1.82) is 0 Å². The zero-order chi connectivity index (χ0) is 17.6. The monoisotopic (exact) mass is 356 g/mol. The molecule has 3 aromatic rings. The summed E-state index contributed by atoms with van der Waals surface area (Å²) in [5, 5.41) is 4.33. The van der Waals surface area contributed by atoms with E-state index >= 15 is 0 Å². The number of hydrogen-bond donors (Lipinski definition) is 2. The Hall–Kier alpha value is -2.53. The van der Waals surface area contributed by atoms with E-state index in [1.165, 1.54) is 0 Å². The van der Waals surface area contributed by atoms with Gasteiger partial charge in [0.2, 0.25) is 0 Å². The van der Waals surface area contributed by atoms with Crippen LogP contribution in [0, 0.1) is 0 Å². The van der Waals surface area contributed by atoms with Gasteiger partial charge in [-0.3, -0.25) is 9.59 Å². The van der Waals surface area contributed by atoms with Crippen molar-refractivity contribution < 1.29 is 9.21 Å². The Morgan fingerprint density at radius 2 is 2.12 bits per heavy atom. The summed E-state index contributed by atoms with van der Waals surface area (Å²) in [4.78, 5) is 27.5. The Balaban J connectivity index is 1.58. The third kappa shape index (κ3) is 2.96. The molecule has 1 amide bonds. The lowest BCUT2D eigenvalue weighted by atomic mass is 10.1. The van der Waals surface area contributed by atoms with Crippen LogP contribution in [0.25, 0.3) is 11.0 Å². The number of carbonyl (C=O) groups excluding carboxylic acids is 1. The standard InChI is InChI=1S/C19H17ClN2O3/c1-10(17-9-12-7-13(20)5-6-16(12)25-17)21-18(23)14-8-11-3-2-4-15(11)22-19(14)24/h5-10H,2-4H2,1H3,(H,21,23)(H,22,24)/t10-/m1/s1. The lowest BCUT2D eigenvalue weighted by Gasteiger charge is -2.11. The maximum atomic E-state index is 12.5. The summed E-state index contributed by atoms with van der Waals surface area (Å²) in [6.07, 6.45) is 2.77. The minimum atomic E-state index is -0.401. The zero-order valence-electron chi connectivity index (χ0n) is 13.7. The average Bonchev–Trinajstić information content (AvgIpc) is 3.19. The molecule has 0 spiro atoms. The number of carbonyl (C=O) groups is 1. The zero-order valence-corrected chi connectivity index (χ0v) is 14.4. The highest BCUT2D eigenvalue weighted by atomic mass is 35.5. The van der Waals surface area contributed by atoms with Gasteiger partial charge >= 0.3 is 0 Å². The summed E-state index contributed by atoms with van der Waals surface area (Å²) in [6, 6.07) is 8.54. The van der Waals surface area contributed by atoms with Crippen LogP contribution >= 0.6 is 11.6 Å². The number of H-pyrrole nitrogens is 1. The number of rotatable bonds is 3. The normalized spacial score (nSPS) is 14.5. The molecular formula is C19H17ClN2O3. The highest BCUT2D eigenvalue weighted by Crippen LogP contribution is 2.26. The maximum absolute atomic E-state index is 12.5. The Morgan fingerprint density at radius 3 is 2.96 bits per heavy atom. The third-order valence-corrected chi connectivity index (χ3v) is 4.84. The second kappa shape index (κ2) is 6.08. The van der Waals surface area contributed by atoms with Crippen molar-refractivity contribution in [2.45, 2.75) is 32.2 Å². The predicted octanol–water partition coefficient (Wildman–Crippen LogP) is 3.75. The van der Waals surface area contributed by atoms with Gasteiger partial charge in [-0.15, -0.1) is 0 Å². The van der Waals surface area contributed by atoms with E-state index in [0.717, 1.165) is 35.9 Å². The molecule has 2 heterocycles. The SMILES string of the molecule is C[C@@H](NC(=O)c1cc2c([nH]c1=O)CCC2)c1cc2cc(Cl)ccc2o1. The second-order valence-electron chi connectivity index (χ2n) is 6.40. The molecule has 0 saturated heterocycles. The van der Waals surface area contributed by atoms with Crippen LogP contribution in [0.5, 0.6) is 0 Å². The Labute approximate surface area is 149 Å². The van der Waals surface area contributed by atoms with Crippen molar-refractivity contribution in [3.05, 3.63) is 68.3 Å². The molecular weight excluding hydrogens is 340 g/mol. The second-order valence-corrected chi connectivity index (χ2v) is 6.83. The van der Waals surface area contributed by atoms with Crippen molar-refractivity contribution in [3.8, 4) is 0 Å². The van der Waals surface area contributed by atoms with E-state index in [9.17, 15) is 9.59 Å². The average molecular weight is 357 g/mol. The van der Waals surface area contributed by atoms with E-state index in [1.54, 1.807) is 18.2 Å². The molecule has 0 bridgehead atoms. The molecule has 0 saturated carbocycles. The molecule has 2 aromatic heterocycles. The van der Waals surface area contributed by atoms with Gasteiger partial charge in [-0.1, -0.05) is 11.6 Å². The van der Waals surface area contributed by atoms with Crippen molar-refractivity contribution >= 4 is 28.5 Å². The van der Waals surface area contributed by atoms with E-state index in [1.807, 2.05) is 19.1 Å². The molecule has 2 N–H and O–H groups in total. The van der Waals surface area contributed by atoms with E-state index in [2.05, 4.69) is 10.3 Å². The van der Waals surface area contributed by atoms with Gasteiger partial charge in [0, 0.05) is 16.1 Å². The van der Waals surface area contributed by atoms with Crippen molar-refractivity contribution in [1.82, 2.24) is 10.3 Å². The quantitative estimate of drug-likeness (QED) is 0.750. The van der Waals surface area contributed by atoms with Crippen LogP contribution < -0.4 is 10.9 Å². The molecule has 128 valence electrons. The van der Waals surface area contributed by atoms with Crippen LogP contribution in [0.4, 0.5) is 0 Å². The number of aryl methyl sites for hydroxylation is 2. The number of aromatic amines is 1. The number of hydrogen-bond acceptors (Lipinski definition) is 3. The molecule has 1 aliphatic rings. The summed E-state index contributed by atoms with van der Waals surface area (Å²) in [6.45, 7) is 1.82. The summed E-state index contributed by atoms with van der Waals surface area (Å²) in [5.41, 5.74) is 2.50. The molecule has 4 rings (SSSR count). The third-order valence-electron chi connectivity index (χ3n) is 4.60. The molecule has 5 nitrogen and oxygen atoms in total. The molecule has 1 atom stereocenters. The maximum Gasteiger partial charge on any atom is 0.261 e. The Bertz CT molecular complexity index is 1030. The Morgan fingerprint density at radius 1 is 1.28 bits per heavy atom. The predicted molar refractivity (Wildman–Crippen MR) is 96.2 cm³/mol. The van der Waals surface area contributed by atoms with E-state index in [-0.39, 0.29) is 17.2 Å². The van der Waals surface area contributed by atoms with Crippen LogP contribution in [0.2, 0.25) is 5.02 Å². The van der Waals surface area contributed by atoms with Gasteiger partial charge in [0.15, 0.2) is 0 Å². The number of pyridine rings is 1. The number of halogens is 1. The van der Waals surface area contributed by atoms with Gasteiger partial charge in [-0.05, 0) is 62.1 Å². The minimum Gasteiger partial charge on any atom is -0.459 e. The van der Waals surface area contributed by atoms with E-state index in [0.29, 0.717) is 16.4 Å². The fourth-order valence-corrected chi connectivity index (χ4v) is 3.46. The lowest BCUT2D eigenvalue weighted by molar-refractivity contribution is 0.0934. The van der Waals surface area contributed by atoms with Crippen molar-refractivity contribution in [3.63, 3.8) is 0 Å². The number of aromatic nitrogens is 1. The summed E-state index contributed by atoms with van der Waals surface area (Å²) >= 11 is 5.99. The van der Waals surface area contributed by atoms with Crippen LogP contribution in [0.1, 0.15) is 46.8 Å². The van der Waals surface area contributed by atoms with Crippen LogP contribution in [0.3, 0.4) is 0 Å². The topological polar surface area (TPSA) is 75.1 Å². The number of fused-ring (bicyclic) bond motifs is 2. The number of amides is 1. The smallest absolute Gasteiger partial charge is 0.261 e.